The van der Waals surface area contributed by atoms with Gasteiger partial charge < -0.3 is 11.5 Å². The zero-order valence-electron chi connectivity index (χ0n) is 11.8. The number of sulfone groups is 1. The Hall–Kier alpha value is -0.660. The van der Waals surface area contributed by atoms with Crippen LogP contribution in [0.4, 0.5) is 0 Å². The molecule has 2 atom stereocenters. The molecule has 7 heteroatoms. The van der Waals surface area contributed by atoms with Crippen LogP contribution in [0.2, 0.25) is 0 Å². The first-order valence-corrected chi connectivity index (χ1v) is 8.49. The molecule has 1 amide bonds. The minimum Gasteiger partial charge on any atom is -0.368 e. The van der Waals surface area contributed by atoms with Crippen LogP contribution in [0, 0.1) is 0 Å². The monoisotopic (exact) mass is 291 g/mol. The van der Waals surface area contributed by atoms with Crippen molar-refractivity contribution in [2.45, 2.75) is 44.7 Å². The molecule has 0 aromatic carbocycles. The molecule has 0 bridgehead atoms. The third-order valence-electron chi connectivity index (χ3n) is 3.76. The Morgan fingerprint density at radius 1 is 1.42 bits per heavy atom. The third-order valence-corrected chi connectivity index (χ3v) is 5.56. The Morgan fingerprint density at radius 3 is 2.58 bits per heavy atom. The molecule has 0 radical (unpaired) electrons. The van der Waals surface area contributed by atoms with Crippen LogP contribution in [0.5, 0.6) is 0 Å². The van der Waals surface area contributed by atoms with Crippen LogP contribution in [-0.4, -0.2) is 55.4 Å². The van der Waals surface area contributed by atoms with Gasteiger partial charge in [-0.25, -0.2) is 8.42 Å². The molecule has 0 aromatic heterocycles. The van der Waals surface area contributed by atoms with Gasteiger partial charge in [-0.05, 0) is 39.7 Å². The van der Waals surface area contributed by atoms with E-state index in [-0.39, 0.29) is 17.5 Å². The van der Waals surface area contributed by atoms with Gasteiger partial charge >= 0.3 is 0 Å². The molecular formula is C12H25N3O3S. The topological polar surface area (TPSA) is 106 Å². The maximum Gasteiger partial charge on any atom is 0.237 e. The lowest BCUT2D eigenvalue weighted by atomic mass is 9.95. The normalized spacial score (nSPS) is 26.8. The Morgan fingerprint density at radius 2 is 2.05 bits per heavy atom. The standard InChI is InChI=1S/C12H25N3O3S/c1-10-9-19(17,18)8-7-15(10)6-4-3-5-12(2,14)11(13)16/h10H,3-9,14H2,1-2H3,(H2,13,16). The summed E-state index contributed by atoms with van der Waals surface area (Å²) in [6.07, 6.45) is 2.26. The molecule has 0 saturated carbocycles. The summed E-state index contributed by atoms with van der Waals surface area (Å²) < 4.78 is 22.9. The first kappa shape index (κ1) is 16.4. The highest BCUT2D eigenvalue weighted by Gasteiger charge is 2.28. The minimum atomic E-state index is -2.85. The fourth-order valence-electron chi connectivity index (χ4n) is 2.30. The van der Waals surface area contributed by atoms with Crippen LogP contribution in [0.15, 0.2) is 0 Å². The summed E-state index contributed by atoms with van der Waals surface area (Å²) in [5.41, 5.74) is 10.0. The number of hydrogen-bond acceptors (Lipinski definition) is 5. The number of unbranched alkanes of at least 4 members (excludes halogenated alkanes) is 1. The zero-order chi connectivity index (χ0) is 14.7. The van der Waals surface area contributed by atoms with E-state index in [4.69, 9.17) is 11.5 Å². The molecule has 6 nitrogen and oxygen atoms in total. The molecule has 0 aliphatic carbocycles. The van der Waals surface area contributed by atoms with E-state index in [1.54, 1.807) is 6.92 Å². The largest absolute Gasteiger partial charge is 0.368 e. The first-order valence-electron chi connectivity index (χ1n) is 6.67. The van der Waals surface area contributed by atoms with Gasteiger partial charge in [0.15, 0.2) is 9.84 Å². The molecular weight excluding hydrogens is 266 g/mol. The second-order valence-electron chi connectivity index (χ2n) is 5.74. The summed E-state index contributed by atoms with van der Waals surface area (Å²) in [4.78, 5) is 13.2. The number of amides is 1. The van der Waals surface area contributed by atoms with Crippen LogP contribution in [-0.2, 0) is 14.6 Å². The van der Waals surface area contributed by atoms with Crippen molar-refractivity contribution in [2.75, 3.05) is 24.6 Å². The highest BCUT2D eigenvalue weighted by atomic mass is 32.2. The molecule has 1 rings (SSSR count). The molecule has 1 saturated heterocycles. The van der Waals surface area contributed by atoms with Gasteiger partial charge in [-0.3, -0.25) is 9.69 Å². The first-order chi connectivity index (χ1) is 8.64. The molecule has 2 unspecified atom stereocenters. The van der Waals surface area contributed by atoms with Gasteiger partial charge in [-0.2, -0.15) is 0 Å². The summed E-state index contributed by atoms with van der Waals surface area (Å²) >= 11 is 0. The molecule has 0 spiro atoms. The number of nitrogens with two attached hydrogens (primary N) is 2. The van der Waals surface area contributed by atoms with Crippen molar-refractivity contribution in [3.8, 4) is 0 Å². The molecule has 1 heterocycles. The van der Waals surface area contributed by atoms with Gasteiger partial charge in [0.05, 0.1) is 17.0 Å². The minimum absolute atomic E-state index is 0.0687. The van der Waals surface area contributed by atoms with Crippen LogP contribution >= 0.6 is 0 Å². The van der Waals surface area contributed by atoms with Gasteiger partial charge in [0.2, 0.25) is 5.91 Å². The molecule has 1 aliphatic rings. The van der Waals surface area contributed by atoms with E-state index in [2.05, 4.69) is 4.90 Å². The van der Waals surface area contributed by atoms with Crippen LogP contribution in [0.25, 0.3) is 0 Å². The summed E-state index contributed by atoms with van der Waals surface area (Å²) in [5, 5.41) is 0. The number of nitrogens with zero attached hydrogens (tertiary/aromatic N) is 1. The van der Waals surface area contributed by atoms with Crippen LogP contribution in [0.1, 0.15) is 33.1 Å². The molecule has 0 aromatic rings. The van der Waals surface area contributed by atoms with Crippen molar-refractivity contribution < 1.29 is 13.2 Å². The number of carbonyl (C=O) groups excluding carboxylic acids is 1. The van der Waals surface area contributed by atoms with Crippen molar-refractivity contribution >= 4 is 15.7 Å². The molecule has 1 fully saturated rings. The van der Waals surface area contributed by atoms with Crippen LogP contribution < -0.4 is 11.5 Å². The maximum absolute atomic E-state index is 11.4. The number of hydrogen-bond donors (Lipinski definition) is 2. The lowest BCUT2D eigenvalue weighted by molar-refractivity contribution is -0.122. The molecule has 112 valence electrons. The van der Waals surface area contributed by atoms with Crippen molar-refractivity contribution in [3.05, 3.63) is 0 Å². The predicted molar refractivity (Wildman–Crippen MR) is 75.3 cm³/mol. The zero-order valence-corrected chi connectivity index (χ0v) is 12.6. The average Bonchev–Trinajstić information content (AvgIpc) is 2.25. The van der Waals surface area contributed by atoms with E-state index in [9.17, 15) is 13.2 Å². The van der Waals surface area contributed by atoms with Crippen LogP contribution in [0.3, 0.4) is 0 Å². The van der Waals surface area contributed by atoms with E-state index in [0.717, 1.165) is 19.4 Å². The molecule has 4 N–H and O–H groups in total. The summed E-state index contributed by atoms with van der Waals surface area (Å²) in [5.74, 6) is 0.000719. The second-order valence-corrected chi connectivity index (χ2v) is 7.97. The second kappa shape index (κ2) is 6.19. The highest BCUT2D eigenvalue weighted by molar-refractivity contribution is 7.91. The van der Waals surface area contributed by atoms with Gasteiger partial charge in [0, 0.05) is 12.6 Å². The van der Waals surface area contributed by atoms with Gasteiger partial charge in [0.1, 0.15) is 0 Å². The molecule has 1 aliphatic heterocycles. The number of carbonyl (C=O) groups is 1. The van der Waals surface area contributed by atoms with Gasteiger partial charge in [0.25, 0.3) is 0 Å². The van der Waals surface area contributed by atoms with E-state index in [0.29, 0.717) is 13.0 Å². The quantitative estimate of drug-likeness (QED) is 0.640. The maximum atomic E-state index is 11.4. The van der Waals surface area contributed by atoms with E-state index < -0.39 is 21.3 Å². The van der Waals surface area contributed by atoms with Gasteiger partial charge in [-0.15, -0.1) is 0 Å². The summed E-state index contributed by atoms with van der Waals surface area (Å²) in [6, 6.07) is 0.0687. The number of primary amides is 1. The fraction of sp³-hybridized carbons (Fsp3) is 0.917. The third kappa shape index (κ3) is 5.08. The van der Waals surface area contributed by atoms with Crippen molar-refractivity contribution in [2.24, 2.45) is 11.5 Å². The lowest BCUT2D eigenvalue weighted by Crippen LogP contribution is -2.49. The summed E-state index contributed by atoms with van der Waals surface area (Å²) in [6.45, 7) is 5.02. The van der Waals surface area contributed by atoms with E-state index in [1.807, 2.05) is 6.92 Å². The lowest BCUT2D eigenvalue weighted by Gasteiger charge is -2.33. The Labute approximate surface area is 115 Å². The van der Waals surface area contributed by atoms with E-state index >= 15 is 0 Å². The number of rotatable bonds is 6. The van der Waals surface area contributed by atoms with Gasteiger partial charge in [-0.1, -0.05) is 0 Å². The van der Waals surface area contributed by atoms with Crippen molar-refractivity contribution in [1.29, 1.82) is 0 Å². The fourth-order valence-corrected chi connectivity index (χ4v) is 3.92. The molecule has 19 heavy (non-hydrogen) atoms. The van der Waals surface area contributed by atoms with Crippen molar-refractivity contribution in [1.82, 2.24) is 4.90 Å². The Balaban J connectivity index is 2.29. The Bertz CT molecular complexity index is 420. The smallest absolute Gasteiger partial charge is 0.237 e. The Kier molecular flexibility index (Phi) is 5.34. The highest BCUT2D eigenvalue weighted by Crippen LogP contribution is 2.14. The summed E-state index contributed by atoms with van der Waals surface area (Å²) in [7, 11) is -2.85. The van der Waals surface area contributed by atoms with E-state index in [1.165, 1.54) is 0 Å². The average molecular weight is 291 g/mol. The SMILES string of the molecule is CC1CS(=O)(=O)CCN1CCCCC(C)(N)C(N)=O. The van der Waals surface area contributed by atoms with Crippen molar-refractivity contribution in [3.63, 3.8) is 0 Å². The predicted octanol–water partition coefficient (Wildman–Crippen LogP) is -0.522.